The van der Waals surface area contributed by atoms with Crippen molar-refractivity contribution in [3.8, 4) is 28.4 Å². The number of ether oxygens (including phenoxy) is 1. The van der Waals surface area contributed by atoms with E-state index in [1.807, 2.05) is 48.9 Å². The fourth-order valence-corrected chi connectivity index (χ4v) is 7.40. The molecule has 0 radical (unpaired) electrons. The molecule has 0 saturated heterocycles. The van der Waals surface area contributed by atoms with Gasteiger partial charge in [-0.2, -0.15) is 6.07 Å². The Kier molecular flexibility index (Phi) is 8.04. The van der Waals surface area contributed by atoms with Crippen molar-refractivity contribution in [2.24, 2.45) is 0 Å². The van der Waals surface area contributed by atoms with Gasteiger partial charge in [0, 0.05) is 41.1 Å². The van der Waals surface area contributed by atoms with E-state index in [1.165, 1.54) is 22.3 Å². The molecule has 0 unspecified atom stereocenters. The van der Waals surface area contributed by atoms with Crippen molar-refractivity contribution >= 4 is 49.1 Å². The van der Waals surface area contributed by atoms with Gasteiger partial charge in [-0.05, 0) is 69.1 Å². The molecular formula is C44H34N4OPt. The minimum Gasteiger partial charge on any atom is -0.503 e. The van der Waals surface area contributed by atoms with Gasteiger partial charge in [0.1, 0.15) is 5.82 Å². The zero-order chi connectivity index (χ0) is 33.2. The fourth-order valence-electron chi connectivity index (χ4n) is 7.40. The molecule has 0 aliphatic rings. The van der Waals surface area contributed by atoms with Gasteiger partial charge in [-0.15, -0.1) is 29.7 Å². The molecule has 0 atom stereocenters. The summed E-state index contributed by atoms with van der Waals surface area (Å²) >= 11 is 0. The van der Waals surface area contributed by atoms with Crippen molar-refractivity contribution in [3.05, 3.63) is 145 Å². The second kappa shape index (κ2) is 12.6. The summed E-state index contributed by atoms with van der Waals surface area (Å²) in [6.45, 7) is 9.10. The van der Waals surface area contributed by atoms with E-state index in [4.69, 9.17) is 9.72 Å². The number of rotatable bonds is 6. The van der Waals surface area contributed by atoms with E-state index in [-0.39, 0.29) is 21.1 Å². The number of hydrogen-bond acceptors (Lipinski definition) is 3. The van der Waals surface area contributed by atoms with Crippen molar-refractivity contribution in [3.63, 3.8) is 0 Å². The predicted octanol–water partition coefficient (Wildman–Crippen LogP) is 11.4. The van der Waals surface area contributed by atoms with Gasteiger partial charge >= 0.3 is 21.1 Å². The van der Waals surface area contributed by atoms with Gasteiger partial charge in [0.25, 0.3) is 0 Å². The monoisotopic (exact) mass is 829 g/mol. The summed E-state index contributed by atoms with van der Waals surface area (Å²) in [5.74, 6) is 2.87. The van der Waals surface area contributed by atoms with E-state index in [9.17, 15) is 0 Å². The molecule has 0 amide bonds. The van der Waals surface area contributed by atoms with E-state index in [2.05, 4.69) is 127 Å². The number of pyridine rings is 2. The van der Waals surface area contributed by atoms with Crippen molar-refractivity contribution in [2.45, 2.75) is 39.5 Å². The molecule has 9 aromatic rings. The van der Waals surface area contributed by atoms with Crippen LogP contribution < -0.4 is 4.74 Å². The van der Waals surface area contributed by atoms with Crippen LogP contribution in [-0.4, -0.2) is 18.9 Å². The van der Waals surface area contributed by atoms with Gasteiger partial charge in [0.2, 0.25) is 0 Å². The molecule has 246 valence electrons. The van der Waals surface area contributed by atoms with Gasteiger partial charge in [-0.25, -0.2) is 4.98 Å². The summed E-state index contributed by atoms with van der Waals surface area (Å²) in [5, 5.41) is 5.40. The number of aromatic nitrogens is 4. The molecule has 6 heteroatoms. The third-order valence-electron chi connectivity index (χ3n) is 9.65. The minimum atomic E-state index is 0. The molecule has 0 aliphatic carbocycles. The van der Waals surface area contributed by atoms with Crippen molar-refractivity contribution in [2.75, 3.05) is 0 Å². The van der Waals surface area contributed by atoms with Crippen LogP contribution in [0.3, 0.4) is 0 Å². The SMILES string of the molecule is CC(C)c1cccc(C(C)C)c1-c1ccc2c(c1)c1ccc(Oc3[c-]c4c(cc3)c3ccccc3n4-c3ccccn3)[c-]c1c1nccn21.[Pt+2]. The smallest absolute Gasteiger partial charge is 0.503 e. The summed E-state index contributed by atoms with van der Waals surface area (Å²) in [5.41, 5.74) is 9.26. The largest absolute Gasteiger partial charge is 2.00 e. The first-order valence-corrected chi connectivity index (χ1v) is 16.9. The Hall–Kier alpha value is -5.25. The third kappa shape index (κ3) is 5.11. The summed E-state index contributed by atoms with van der Waals surface area (Å²) < 4.78 is 10.8. The zero-order valence-corrected chi connectivity index (χ0v) is 30.5. The van der Waals surface area contributed by atoms with Gasteiger partial charge in [-0.3, -0.25) is 4.98 Å². The van der Waals surface area contributed by atoms with E-state index >= 15 is 0 Å². The van der Waals surface area contributed by atoms with Gasteiger partial charge in [0.15, 0.2) is 0 Å². The molecule has 0 bridgehead atoms. The van der Waals surface area contributed by atoms with Crippen molar-refractivity contribution in [1.29, 1.82) is 0 Å². The molecule has 50 heavy (non-hydrogen) atoms. The second-order valence-electron chi connectivity index (χ2n) is 13.3. The molecule has 5 nitrogen and oxygen atoms in total. The maximum absolute atomic E-state index is 6.51. The Bertz CT molecular complexity index is 2680. The van der Waals surface area contributed by atoms with Crippen LogP contribution in [0.4, 0.5) is 0 Å². The van der Waals surface area contributed by atoms with Crippen LogP contribution in [-0.2, 0) is 21.1 Å². The molecule has 0 N–H and O–H groups in total. The number of imidazole rings is 1. The van der Waals surface area contributed by atoms with Crippen LogP contribution in [0.5, 0.6) is 11.5 Å². The van der Waals surface area contributed by atoms with Gasteiger partial charge in [-0.1, -0.05) is 105 Å². The summed E-state index contributed by atoms with van der Waals surface area (Å²) in [6, 6.07) is 43.3. The normalized spacial score (nSPS) is 11.8. The topological polar surface area (TPSA) is 44.3 Å². The maximum Gasteiger partial charge on any atom is 2.00 e. The van der Waals surface area contributed by atoms with E-state index in [0.717, 1.165) is 54.9 Å². The first-order chi connectivity index (χ1) is 24.0. The fraction of sp³-hybridized carbons (Fsp3) is 0.136. The molecule has 5 aromatic carbocycles. The average Bonchev–Trinajstić information content (AvgIpc) is 3.75. The molecule has 0 aliphatic heterocycles. The predicted molar refractivity (Wildman–Crippen MR) is 200 cm³/mol. The van der Waals surface area contributed by atoms with Crippen molar-refractivity contribution < 1.29 is 25.8 Å². The Labute approximate surface area is 305 Å². The van der Waals surface area contributed by atoms with Crippen LogP contribution in [0.25, 0.3) is 66.1 Å². The Morgan fingerprint density at radius 3 is 2.12 bits per heavy atom. The standard InChI is InChI=1S/C44H34N4O.Pt/c1-27(2)32-11-9-12-33(28(3)4)43(32)29-15-20-39-37(24-29)34-18-16-30(25-38(34)44-46-22-23-47(39)44)49-31-17-19-36-35-10-5-6-13-40(35)48(41(36)26-31)42-14-7-8-21-45-42;/h5-24,27-28H,1-4H3;/q-2;+2. The number of hydrogen-bond donors (Lipinski definition) is 0. The zero-order valence-electron chi connectivity index (χ0n) is 28.2. The molecule has 0 spiro atoms. The Morgan fingerprint density at radius 1 is 0.620 bits per heavy atom. The second-order valence-corrected chi connectivity index (χ2v) is 13.3. The minimum absolute atomic E-state index is 0. The van der Waals surface area contributed by atoms with Gasteiger partial charge in [0.05, 0.1) is 5.65 Å². The molecular weight excluding hydrogens is 796 g/mol. The van der Waals surface area contributed by atoms with Crippen LogP contribution in [0, 0.1) is 12.1 Å². The number of nitrogens with zero attached hydrogens (tertiary/aromatic N) is 4. The first kappa shape index (κ1) is 32.0. The number of para-hydroxylation sites is 1. The Balaban J connectivity index is 0.00000361. The maximum atomic E-state index is 6.51. The van der Waals surface area contributed by atoms with Crippen LogP contribution >= 0.6 is 0 Å². The average molecular weight is 830 g/mol. The molecule has 0 saturated carbocycles. The molecule has 0 fully saturated rings. The quantitative estimate of drug-likeness (QED) is 0.124. The van der Waals surface area contributed by atoms with E-state index in [0.29, 0.717) is 23.3 Å². The third-order valence-corrected chi connectivity index (χ3v) is 9.65. The van der Waals surface area contributed by atoms with Crippen LogP contribution in [0.15, 0.2) is 122 Å². The van der Waals surface area contributed by atoms with Crippen LogP contribution in [0.1, 0.15) is 50.7 Å². The molecule has 9 rings (SSSR count). The summed E-state index contributed by atoms with van der Waals surface area (Å²) in [6.07, 6.45) is 5.69. The van der Waals surface area contributed by atoms with Crippen molar-refractivity contribution in [1.82, 2.24) is 18.9 Å². The van der Waals surface area contributed by atoms with Crippen LogP contribution in [0.2, 0.25) is 0 Å². The molecule has 4 aromatic heterocycles. The summed E-state index contributed by atoms with van der Waals surface area (Å²) in [7, 11) is 0. The summed E-state index contributed by atoms with van der Waals surface area (Å²) in [4.78, 5) is 9.43. The van der Waals surface area contributed by atoms with E-state index < -0.39 is 0 Å². The number of benzene rings is 5. The first-order valence-electron chi connectivity index (χ1n) is 16.9. The number of fused-ring (bicyclic) bond motifs is 9. The Morgan fingerprint density at radius 2 is 1.36 bits per heavy atom. The molecule has 4 heterocycles. The van der Waals surface area contributed by atoms with Gasteiger partial charge < -0.3 is 13.7 Å². The van der Waals surface area contributed by atoms with E-state index in [1.54, 1.807) is 0 Å².